The fourth-order valence-corrected chi connectivity index (χ4v) is 2.83. The predicted octanol–water partition coefficient (Wildman–Crippen LogP) is 4.41. The summed E-state index contributed by atoms with van der Waals surface area (Å²) in [4.78, 5) is 29.6. The predicted molar refractivity (Wildman–Crippen MR) is 105 cm³/mol. The molecular weight excluding hydrogens is 354 g/mol. The number of nitrogens with zero attached hydrogens (tertiary/aromatic N) is 1. The van der Waals surface area contributed by atoms with Gasteiger partial charge in [-0.2, -0.15) is 0 Å². The van der Waals surface area contributed by atoms with Crippen LogP contribution < -0.4 is 0 Å². The van der Waals surface area contributed by atoms with Gasteiger partial charge in [-0.1, -0.05) is 60.7 Å². The Morgan fingerprint density at radius 1 is 0.786 bits per heavy atom. The number of aryl methyl sites for hydroxylation is 2. The Labute approximate surface area is 164 Å². The molecule has 28 heavy (non-hydrogen) atoms. The molecule has 0 atom stereocenters. The maximum Gasteiger partial charge on any atom is 0.358 e. The molecule has 1 heterocycles. The first kappa shape index (κ1) is 19.3. The zero-order valence-corrected chi connectivity index (χ0v) is 15.8. The van der Waals surface area contributed by atoms with E-state index in [-0.39, 0.29) is 24.5 Å². The number of esters is 2. The van der Waals surface area contributed by atoms with Crippen LogP contribution in [0.5, 0.6) is 0 Å². The van der Waals surface area contributed by atoms with Gasteiger partial charge in [-0.25, -0.2) is 14.6 Å². The fraction of sp³-hybridized carbons (Fsp3) is 0.174. The maximum atomic E-state index is 12.7. The van der Waals surface area contributed by atoms with Crippen molar-refractivity contribution >= 4 is 11.9 Å². The molecule has 0 amide bonds. The summed E-state index contributed by atoms with van der Waals surface area (Å²) in [7, 11) is 0. The van der Waals surface area contributed by atoms with Crippen molar-refractivity contribution in [2.45, 2.75) is 27.1 Å². The van der Waals surface area contributed by atoms with E-state index >= 15 is 0 Å². The van der Waals surface area contributed by atoms with Gasteiger partial charge >= 0.3 is 11.9 Å². The second-order valence-electron chi connectivity index (χ2n) is 6.43. The lowest BCUT2D eigenvalue weighted by molar-refractivity contribution is 0.0418. The van der Waals surface area contributed by atoms with Crippen LogP contribution in [0.4, 0.5) is 0 Å². The quantitative estimate of drug-likeness (QED) is 0.597. The molecule has 0 N–H and O–H groups in total. The number of benzene rings is 2. The average molecular weight is 375 g/mol. The third-order valence-electron chi connectivity index (χ3n) is 4.17. The molecule has 0 spiro atoms. The number of ether oxygens (including phenoxy) is 2. The number of hydrogen-bond donors (Lipinski definition) is 0. The first-order valence-electron chi connectivity index (χ1n) is 8.95. The Kier molecular flexibility index (Phi) is 6.17. The molecular formula is C23H21NO4. The Bertz CT molecular complexity index is 969. The van der Waals surface area contributed by atoms with Crippen LogP contribution in [0.3, 0.4) is 0 Å². The summed E-state index contributed by atoms with van der Waals surface area (Å²) in [5.41, 5.74) is 3.09. The van der Waals surface area contributed by atoms with E-state index in [0.717, 1.165) is 11.1 Å². The topological polar surface area (TPSA) is 65.5 Å². The molecule has 3 aromatic rings. The molecule has 0 saturated carbocycles. The van der Waals surface area contributed by atoms with E-state index in [1.165, 1.54) is 0 Å². The Morgan fingerprint density at radius 3 is 1.82 bits per heavy atom. The Morgan fingerprint density at radius 2 is 1.29 bits per heavy atom. The zero-order valence-electron chi connectivity index (χ0n) is 15.8. The summed E-state index contributed by atoms with van der Waals surface area (Å²) < 4.78 is 10.8. The highest BCUT2D eigenvalue weighted by molar-refractivity contribution is 6.02. The smallest absolute Gasteiger partial charge is 0.358 e. The minimum atomic E-state index is -0.651. The molecule has 1 aromatic heterocycles. The van der Waals surface area contributed by atoms with Crippen molar-refractivity contribution in [1.82, 2.24) is 4.98 Å². The molecule has 0 unspecified atom stereocenters. The minimum absolute atomic E-state index is 0.0218. The van der Waals surface area contributed by atoms with Gasteiger partial charge in [-0.15, -0.1) is 0 Å². The van der Waals surface area contributed by atoms with Crippen molar-refractivity contribution in [2.75, 3.05) is 0 Å². The van der Waals surface area contributed by atoms with Crippen LogP contribution in [0.25, 0.3) is 0 Å². The highest BCUT2D eigenvalue weighted by Gasteiger charge is 2.24. The summed E-state index contributed by atoms with van der Waals surface area (Å²) in [6.07, 6.45) is 0. The molecule has 0 saturated heterocycles. The van der Waals surface area contributed by atoms with Crippen LogP contribution in [0.1, 0.15) is 43.2 Å². The number of rotatable bonds is 6. The average Bonchev–Trinajstić information content (AvgIpc) is 2.71. The molecule has 0 aliphatic rings. The molecule has 0 radical (unpaired) electrons. The van der Waals surface area contributed by atoms with E-state index in [9.17, 15) is 9.59 Å². The molecule has 0 bridgehead atoms. The van der Waals surface area contributed by atoms with Crippen LogP contribution in [0.15, 0.2) is 66.7 Å². The molecule has 142 valence electrons. The summed E-state index contributed by atoms with van der Waals surface area (Å²) >= 11 is 0. The van der Waals surface area contributed by atoms with E-state index in [4.69, 9.17) is 9.47 Å². The molecule has 5 heteroatoms. The number of aromatic nitrogens is 1. The van der Waals surface area contributed by atoms with Crippen molar-refractivity contribution in [3.63, 3.8) is 0 Å². The van der Waals surface area contributed by atoms with E-state index in [1.54, 1.807) is 19.9 Å². The van der Waals surface area contributed by atoms with Gasteiger partial charge in [0.1, 0.15) is 13.2 Å². The molecule has 0 aliphatic heterocycles. The highest BCUT2D eigenvalue weighted by atomic mass is 16.5. The van der Waals surface area contributed by atoms with Gasteiger partial charge in [0.15, 0.2) is 5.69 Å². The lowest BCUT2D eigenvalue weighted by Crippen LogP contribution is -2.18. The minimum Gasteiger partial charge on any atom is -0.457 e. The molecule has 0 aliphatic carbocycles. The number of hydrogen-bond acceptors (Lipinski definition) is 5. The van der Waals surface area contributed by atoms with E-state index in [2.05, 4.69) is 4.98 Å². The van der Waals surface area contributed by atoms with E-state index in [0.29, 0.717) is 11.3 Å². The SMILES string of the molecule is Cc1cc(C)c(C(=O)OCc2ccccc2)c(C(=O)OCc2ccccc2)n1. The fourth-order valence-electron chi connectivity index (χ4n) is 2.83. The van der Waals surface area contributed by atoms with Crippen molar-refractivity contribution < 1.29 is 19.1 Å². The van der Waals surface area contributed by atoms with Gasteiger partial charge in [-0.05, 0) is 36.6 Å². The largest absolute Gasteiger partial charge is 0.457 e. The van der Waals surface area contributed by atoms with Gasteiger partial charge in [0, 0.05) is 5.69 Å². The normalized spacial score (nSPS) is 10.4. The van der Waals surface area contributed by atoms with Gasteiger partial charge in [-0.3, -0.25) is 0 Å². The van der Waals surface area contributed by atoms with E-state index in [1.807, 2.05) is 60.7 Å². The van der Waals surface area contributed by atoms with Crippen LogP contribution in [0.2, 0.25) is 0 Å². The lowest BCUT2D eigenvalue weighted by Gasteiger charge is -2.12. The van der Waals surface area contributed by atoms with Crippen LogP contribution in [-0.2, 0) is 22.7 Å². The third kappa shape index (κ3) is 4.82. The molecule has 2 aromatic carbocycles. The summed E-state index contributed by atoms with van der Waals surface area (Å²) in [6, 6.07) is 20.4. The van der Waals surface area contributed by atoms with Crippen LogP contribution >= 0.6 is 0 Å². The summed E-state index contributed by atoms with van der Waals surface area (Å²) in [6.45, 7) is 3.74. The van der Waals surface area contributed by atoms with Crippen molar-refractivity contribution in [3.8, 4) is 0 Å². The zero-order chi connectivity index (χ0) is 19.9. The van der Waals surface area contributed by atoms with Gasteiger partial charge in [0.25, 0.3) is 0 Å². The Balaban J connectivity index is 1.78. The van der Waals surface area contributed by atoms with Crippen molar-refractivity contribution in [2.24, 2.45) is 0 Å². The second-order valence-corrected chi connectivity index (χ2v) is 6.43. The first-order valence-corrected chi connectivity index (χ1v) is 8.95. The van der Waals surface area contributed by atoms with Gasteiger partial charge in [0.2, 0.25) is 0 Å². The number of carbonyl (C=O) groups is 2. The molecule has 0 fully saturated rings. The van der Waals surface area contributed by atoms with E-state index < -0.39 is 11.9 Å². The maximum absolute atomic E-state index is 12.7. The van der Waals surface area contributed by atoms with Gasteiger partial charge in [0.05, 0.1) is 5.56 Å². The molecule has 5 nitrogen and oxygen atoms in total. The number of carbonyl (C=O) groups excluding carboxylic acids is 2. The van der Waals surface area contributed by atoms with Crippen LogP contribution in [-0.4, -0.2) is 16.9 Å². The standard InChI is InChI=1S/C23H21NO4/c1-16-13-17(2)24-21(23(26)28-15-19-11-7-4-8-12-19)20(16)22(25)27-14-18-9-5-3-6-10-18/h3-13H,14-15H2,1-2H3. The van der Waals surface area contributed by atoms with Crippen molar-refractivity contribution in [3.05, 3.63) is 100 Å². The lowest BCUT2D eigenvalue weighted by atomic mass is 10.1. The summed E-state index contributed by atoms with van der Waals surface area (Å²) in [5.74, 6) is -1.25. The van der Waals surface area contributed by atoms with Gasteiger partial charge < -0.3 is 9.47 Å². The first-order chi connectivity index (χ1) is 13.5. The summed E-state index contributed by atoms with van der Waals surface area (Å²) in [5, 5.41) is 0. The third-order valence-corrected chi connectivity index (χ3v) is 4.17. The second kappa shape index (κ2) is 8.95. The van der Waals surface area contributed by atoms with Crippen LogP contribution in [0, 0.1) is 13.8 Å². The number of pyridine rings is 1. The Hall–Kier alpha value is -3.47. The molecule has 3 rings (SSSR count). The van der Waals surface area contributed by atoms with Crippen molar-refractivity contribution in [1.29, 1.82) is 0 Å². The highest BCUT2D eigenvalue weighted by Crippen LogP contribution is 2.18. The monoisotopic (exact) mass is 375 g/mol.